The molecule has 1 heterocycles. The SMILES string of the molecule is CNC(C)(C#N)CC(C)N1CC2CCCC(C2)C1. The van der Waals surface area contributed by atoms with Crippen LogP contribution in [0.5, 0.6) is 0 Å². The molecule has 102 valence electrons. The van der Waals surface area contributed by atoms with Gasteiger partial charge in [-0.05, 0) is 58.4 Å². The van der Waals surface area contributed by atoms with Crippen molar-refractivity contribution in [3.63, 3.8) is 0 Å². The zero-order valence-electron chi connectivity index (χ0n) is 12.1. The van der Waals surface area contributed by atoms with Crippen molar-refractivity contribution in [3.8, 4) is 6.07 Å². The average Bonchev–Trinajstić information content (AvgIpc) is 2.38. The van der Waals surface area contributed by atoms with E-state index in [9.17, 15) is 5.26 Å². The van der Waals surface area contributed by atoms with Gasteiger partial charge in [-0.2, -0.15) is 5.26 Å². The van der Waals surface area contributed by atoms with Gasteiger partial charge in [-0.25, -0.2) is 0 Å². The highest BCUT2D eigenvalue weighted by atomic mass is 15.2. The molecule has 1 aliphatic heterocycles. The molecular weight excluding hydrogens is 222 g/mol. The third kappa shape index (κ3) is 3.05. The predicted molar refractivity (Wildman–Crippen MR) is 74.2 cm³/mol. The van der Waals surface area contributed by atoms with Crippen LogP contribution in [0.3, 0.4) is 0 Å². The van der Waals surface area contributed by atoms with Gasteiger partial charge in [-0.15, -0.1) is 0 Å². The molecule has 18 heavy (non-hydrogen) atoms. The standard InChI is InChI=1S/C15H27N3/c1-12(8-15(2,11-16)17-3)18-9-13-5-4-6-14(7-13)10-18/h12-14,17H,4-10H2,1-3H3. The van der Waals surface area contributed by atoms with Gasteiger partial charge in [0.1, 0.15) is 5.54 Å². The largest absolute Gasteiger partial charge is 0.303 e. The summed E-state index contributed by atoms with van der Waals surface area (Å²) in [5.41, 5.74) is -0.383. The van der Waals surface area contributed by atoms with Gasteiger partial charge in [0.2, 0.25) is 0 Å². The van der Waals surface area contributed by atoms with Crippen molar-refractivity contribution in [1.29, 1.82) is 5.26 Å². The van der Waals surface area contributed by atoms with Crippen molar-refractivity contribution in [2.24, 2.45) is 11.8 Å². The van der Waals surface area contributed by atoms with E-state index in [4.69, 9.17) is 0 Å². The second-order valence-electron chi connectivity index (χ2n) is 6.60. The number of nitrogens with one attached hydrogen (secondary N) is 1. The summed E-state index contributed by atoms with van der Waals surface area (Å²) in [6, 6.07) is 2.92. The topological polar surface area (TPSA) is 39.1 Å². The molecule has 0 aromatic rings. The Balaban J connectivity index is 1.93. The molecule has 1 N–H and O–H groups in total. The highest BCUT2D eigenvalue weighted by Gasteiger charge is 2.34. The predicted octanol–water partition coefficient (Wildman–Crippen LogP) is 2.39. The van der Waals surface area contributed by atoms with Gasteiger partial charge >= 0.3 is 0 Å². The molecule has 2 bridgehead atoms. The van der Waals surface area contributed by atoms with Crippen LogP contribution in [0.25, 0.3) is 0 Å². The minimum absolute atomic E-state index is 0.383. The Kier molecular flexibility index (Phi) is 4.29. The normalized spacial score (nSPS) is 33.4. The lowest BCUT2D eigenvalue weighted by Gasteiger charge is -2.45. The Bertz CT molecular complexity index is 310. The average molecular weight is 249 g/mol. The molecule has 0 spiro atoms. The summed E-state index contributed by atoms with van der Waals surface area (Å²) in [6.07, 6.45) is 6.64. The highest BCUT2D eigenvalue weighted by Crippen LogP contribution is 2.35. The molecule has 3 nitrogen and oxygen atoms in total. The fourth-order valence-electron chi connectivity index (χ4n) is 3.76. The number of hydrogen-bond donors (Lipinski definition) is 1. The van der Waals surface area contributed by atoms with Gasteiger partial charge in [0.05, 0.1) is 6.07 Å². The van der Waals surface area contributed by atoms with Gasteiger partial charge in [-0.1, -0.05) is 6.42 Å². The lowest BCUT2D eigenvalue weighted by molar-refractivity contribution is 0.0502. The van der Waals surface area contributed by atoms with E-state index < -0.39 is 0 Å². The second-order valence-corrected chi connectivity index (χ2v) is 6.60. The van der Waals surface area contributed by atoms with Gasteiger partial charge < -0.3 is 10.2 Å². The first kappa shape index (κ1) is 13.8. The molecule has 0 aromatic heterocycles. The molecule has 2 aliphatic rings. The molecule has 3 heteroatoms. The molecule has 1 saturated carbocycles. The van der Waals surface area contributed by atoms with Crippen molar-refractivity contribution in [2.45, 2.75) is 57.5 Å². The molecule has 0 radical (unpaired) electrons. The van der Waals surface area contributed by atoms with Crippen LogP contribution in [0, 0.1) is 23.2 Å². The number of likely N-dealkylation sites (tertiary alicyclic amines) is 1. The van der Waals surface area contributed by atoms with E-state index in [-0.39, 0.29) is 5.54 Å². The maximum atomic E-state index is 9.26. The summed E-state index contributed by atoms with van der Waals surface area (Å²) in [6.45, 7) is 6.80. The lowest BCUT2D eigenvalue weighted by Crippen LogP contribution is -2.51. The van der Waals surface area contributed by atoms with E-state index in [1.165, 1.54) is 38.8 Å². The first-order valence-electron chi connectivity index (χ1n) is 7.40. The van der Waals surface area contributed by atoms with E-state index in [0.29, 0.717) is 6.04 Å². The molecule has 0 amide bonds. The maximum Gasteiger partial charge on any atom is 0.105 e. The molecule has 2 rings (SSSR count). The first-order valence-corrected chi connectivity index (χ1v) is 7.40. The van der Waals surface area contributed by atoms with Crippen LogP contribution in [0.15, 0.2) is 0 Å². The Hall–Kier alpha value is -0.590. The van der Waals surface area contributed by atoms with Crippen LogP contribution < -0.4 is 5.32 Å². The third-order valence-electron chi connectivity index (χ3n) is 5.00. The third-order valence-corrected chi connectivity index (χ3v) is 5.00. The van der Waals surface area contributed by atoms with Gasteiger partial charge in [-0.3, -0.25) is 0 Å². The zero-order valence-corrected chi connectivity index (χ0v) is 12.1. The monoisotopic (exact) mass is 249 g/mol. The van der Waals surface area contributed by atoms with Gasteiger partial charge in [0.15, 0.2) is 0 Å². The summed E-state index contributed by atoms with van der Waals surface area (Å²) in [5.74, 6) is 1.84. The number of nitriles is 1. The van der Waals surface area contributed by atoms with E-state index in [1.54, 1.807) is 0 Å². The highest BCUT2D eigenvalue weighted by molar-refractivity contribution is 5.05. The number of nitrogens with zero attached hydrogens (tertiary/aromatic N) is 2. The number of hydrogen-bond acceptors (Lipinski definition) is 3. The van der Waals surface area contributed by atoms with E-state index >= 15 is 0 Å². The fourth-order valence-corrected chi connectivity index (χ4v) is 3.76. The lowest BCUT2D eigenvalue weighted by atomic mass is 9.77. The Morgan fingerprint density at radius 1 is 1.39 bits per heavy atom. The van der Waals surface area contributed by atoms with Crippen LogP contribution in [0.2, 0.25) is 0 Å². The van der Waals surface area contributed by atoms with Crippen molar-refractivity contribution in [1.82, 2.24) is 10.2 Å². The van der Waals surface area contributed by atoms with E-state index in [1.807, 2.05) is 14.0 Å². The van der Waals surface area contributed by atoms with Gasteiger partial charge in [0, 0.05) is 19.1 Å². The summed E-state index contributed by atoms with van der Waals surface area (Å²) in [5, 5.41) is 12.4. The molecule has 2 fully saturated rings. The molecule has 1 aliphatic carbocycles. The van der Waals surface area contributed by atoms with Crippen LogP contribution in [0.1, 0.15) is 46.0 Å². The fraction of sp³-hybridized carbons (Fsp3) is 0.933. The maximum absolute atomic E-state index is 9.26. The van der Waals surface area contributed by atoms with E-state index in [0.717, 1.165) is 18.3 Å². The Morgan fingerprint density at radius 2 is 2.00 bits per heavy atom. The quantitative estimate of drug-likeness (QED) is 0.831. The van der Waals surface area contributed by atoms with Crippen LogP contribution in [-0.4, -0.2) is 36.6 Å². The number of rotatable bonds is 4. The number of fused-ring (bicyclic) bond motifs is 2. The molecule has 4 atom stereocenters. The van der Waals surface area contributed by atoms with Crippen molar-refractivity contribution >= 4 is 0 Å². The van der Waals surface area contributed by atoms with Crippen LogP contribution in [-0.2, 0) is 0 Å². The molecule has 0 aromatic carbocycles. The summed E-state index contributed by atoms with van der Waals surface area (Å²) in [4.78, 5) is 2.63. The summed E-state index contributed by atoms with van der Waals surface area (Å²) >= 11 is 0. The van der Waals surface area contributed by atoms with Crippen LogP contribution >= 0.6 is 0 Å². The summed E-state index contributed by atoms with van der Waals surface area (Å²) in [7, 11) is 1.89. The van der Waals surface area contributed by atoms with E-state index in [2.05, 4.69) is 23.2 Å². The first-order chi connectivity index (χ1) is 8.56. The summed E-state index contributed by atoms with van der Waals surface area (Å²) < 4.78 is 0. The second kappa shape index (κ2) is 5.59. The Morgan fingerprint density at radius 3 is 2.50 bits per heavy atom. The smallest absolute Gasteiger partial charge is 0.105 e. The van der Waals surface area contributed by atoms with Crippen molar-refractivity contribution < 1.29 is 0 Å². The number of piperidine rings is 1. The van der Waals surface area contributed by atoms with Crippen LogP contribution in [0.4, 0.5) is 0 Å². The zero-order chi connectivity index (χ0) is 13.2. The van der Waals surface area contributed by atoms with Crippen molar-refractivity contribution in [2.75, 3.05) is 20.1 Å². The van der Waals surface area contributed by atoms with Crippen molar-refractivity contribution in [3.05, 3.63) is 0 Å². The molecule has 4 unspecified atom stereocenters. The Labute approximate surface area is 112 Å². The molecular formula is C15H27N3. The molecule has 1 saturated heterocycles. The minimum Gasteiger partial charge on any atom is -0.303 e. The minimum atomic E-state index is -0.383. The van der Waals surface area contributed by atoms with Gasteiger partial charge in [0.25, 0.3) is 0 Å².